The first-order valence-electron chi connectivity index (χ1n) is 11.5. The molecule has 0 bridgehead atoms. The van der Waals surface area contributed by atoms with E-state index >= 15 is 0 Å². The molecule has 1 aliphatic rings. The number of nitrogens with zero attached hydrogens (tertiary/aromatic N) is 2. The van der Waals surface area contributed by atoms with E-state index in [1.807, 2.05) is 6.92 Å². The van der Waals surface area contributed by atoms with Gasteiger partial charge in [0, 0.05) is 17.1 Å². The Balaban J connectivity index is 1.62. The number of halogens is 3. The van der Waals surface area contributed by atoms with E-state index in [0.717, 1.165) is 12.1 Å². The number of methoxy groups -OCH3 is 1. The molecule has 0 unspecified atom stereocenters. The lowest BCUT2D eigenvalue weighted by molar-refractivity contribution is -0.156. The third-order valence-electron chi connectivity index (χ3n) is 5.76. The lowest BCUT2D eigenvalue weighted by Crippen LogP contribution is -2.39. The monoisotopic (exact) mass is 506 g/mol. The van der Waals surface area contributed by atoms with Crippen molar-refractivity contribution in [3.8, 4) is 11.5 Å². The van der Waals surface area contributed by atoms with Crippen LogP contribution < -0.4 is 20.5 Å². The summed E-state index contributed by atoms with van der Waals surface area (Å²) >= 11 is 0. The lowest BCUT2D eigenvalue weighted by Gasteiger charge is -2.29. The van der Waals surface area contributed by atoms with Crippen molar-refractivity contribution in [2.75, 3.05) is 38.0 Å². The zero-order valence-corrected chi connectivity index (χ0v) is 20.5. The van der Waals surface area contributed by atoms with Crippen LogP contribution >= 0.6 is 0 Å². The summed E-state index contributed by atoms with van der Waals surface area (Å²) in [6.07, 6.45) is -4.60. The van der Waals surface area contributed by atoms with Gasteiger partial charge in [-0.3, -0.25) is 0 Å². The van der Waals surface area contributed by atoms with Crippen molar-refractivity contribution in [2.45, 2.75) is 45.2 Å². The number of hydrogen-bond donors (Lipinski definition) is 2. The van der Waals surface area contributed by atoms with E-state index in [-0.39, 0.29) is 24.5 Å². The predicted octanol–water partition coefficient (Wildman–Crippen LogP) is 4.90. The first-order chi connectivity index (χ1) is 17.0. The fourth-order valence-corrected chi connectivity index (χ4v) is 3.88. The number of nitrogen functional groups attached to an aromatic ring is 1. The van der Waals surface area contributed by atoms with Crippen molar-refractivity contribution in [3.63, 3.8) is 0 Å². The van der Waals surface area contributed by atoms with Crippen LogP contribution in [0.4, 0.5) is 24.7 Å². The third kappa shape index (κ3) is 5.90. The minimum absolute atomic E-state index is 0.0300. The molecule has 0 spiro atoms. The molecule has 2 aromatic carbocycles. The van der Waals surface area contributed by atoms with Gasteiger partial charge in [-0.25, -0.2) is 9.97 Å². The van der Waals surface area contributed by atoms with Gasteiger partial charge in [0.25, 0.3) is 0 Å². The Hall–Kier alpha value is -3.31. The number of alkyl halides is 3. The van der Waals surface area contributed by atoms with Crippen molar-refractivity contribution in [1.29, 1.82) is 0 Å². The minimum Gasteiger partial charge on any atom is -0.493 e. The molecule has 11 heteroatoms. The van der Waals surface area contributed by atoms with E-state index in [9.17, 15) is 13.2 Å². The number of fused-ring (bicyclic) bond motifs is 1. The summed E-state index contributed by atoms with van der Waals surface area (Å²) in [5, 5.41) is 3.84. The number of nitrogens with two attached hydrogens (primary N) is 1. The van der Waals surface area contributed by atoms with Crippen molar-refractivity contribution in [2.24, 2.45) is 0 Å². The van der Waals surface area contributed by atoms with Gasteiger partial charge in [0.05, 0.1) is 43.5 Å². The average molecular weight is 507 g/mol. The molecule has 0 radical (unpaired) electrons. The molecule has 0 amide bonds. The number of ether oxygens (including phenoxy) is 4. The molecule has 3 aromatic rings. The maximum Gasteiger partial charge on any atom is 0.416 e. The zero-order chi connectivity index (χ0) is 26.0. The topological polar surface area (TPSA) is 101 Å². The summed E-state index contributed by atoms with van der Waals surface area (Å²) in [6, 6.07) is 6.46. The third-order valence-corrected chi connectivity index (χ3v) is 5.76. The van der Waals surface area contributed by atoms with Crippen LogP contribution in [0.1, 0.15) is 36.8 Å². The smallest absolute Gasteiger partial charge is 0.416 e. The van der Waals surface area contributed by atoms with Crippen LogP contribution in [0.15, 0.2) is 30.3 Å². The summed E-state index contributed by atoms with van der Waals surface area (Å²) in [7, 11) is 1.53. The highest BCUT2D eigenvalue weighted by atomic mass is 19.4. The van der Waals surface area contributed by atoms with Gasteiger partial charge < -0.3 is 30.0 Å². The van der Waals surface area contributed by atoms with Gasteiger partial charge in [-0.05, 0) is 50.6 Å². The fraction of sp³-hybridized carbons (Fsp3) is 0.440. The summed E-state index contributed by atoms with van der Waals surface area (Å²) < 4.78 is 62.4. The maximum atomic E-state index is 13.3. The van der Waals surface area contributed by atoms with Crippen molar-refractivity contribution < 1.29 is 32.1 Å². The highest BCUT2D eigenvalue weighted by molar-refractivity contribution is 5.92. The molecule has 1 aliphatic heterocycles. The Morgan fingerprint density at radius 3 is 2.50 bits per heavy atom. The number of aromatic nitrogens is 2. The van der Waals surface area contributed by atoms with Crippen LogP contribution in [0.3, 0.4) is 0 Å². The highest BCUT2D eigenvalue weighted by Gasteiger charge is 2.31. The SMILES string of the molecule is COc1cc2nc(C)nc(N[C@H](C)c3cc(N)cc(C(F)(F)F)c3)c2cc1OC[C@H](C)OC1COC1. The Kier molecular flexibility index (Phi) is 7.41. The summed E-state index contributed by atoms with van der Waals surface area (Å²) in [5.41, 5.74) is 5.95. The van der Waals surface area contributed by atoms with Crippen LogP contribution in [0.5, 0.6) is 11.5 Å². The molecule has 3 N–H and O–H groups in total. The number of rotatable bonds is 9. The second-order valence-electron chi connectivity index (χ2n) is 8.81. The molecular formula is C25H29F3N4O4. The molecular weight excluding hydrogens is 477 g/mol. The molecule has 8 nitrogen and oxygen atoms in total. The van der Waals surface area contributed by atoms with Gasteiger partial charge in [-0.15, -0.1) is 0 Å². The second-order valence-corrected chi connectivity index (χ2v) is 8.81. The minimum atomic E-state index is -4.50. The van der Waals surface area contributed by atoms with Gasteiger partial charge in [0.1, 0.15) is 24.4 Å². The average Bonchev–Trinajstić information content (AvgIpc) is 2.78. The molecule has 36 heavy (non-hydrogen) atoms. The predicted molar refractivity (Wildman–Crippen MR) is 129 cm³/mol. The van der Waals surface area contributed by atoms with E-state index in [1.165, 1.54) is 13.2 Å². The Morgan fingerprint density at radius 2 is 1.86 bits per heavy atom. The summed E-state index contributed by atoms with van der Waals surface area (Å²) in [6.45, 7) is 6.82. The van der Waals surface area contributed by atoms with E-state index in [0.29, 0.717) is 52.8 Å². The largest absolute Gasteiger partial charge is 0.493 e. The number of nitrogens with one attached hydrogen (secondary N) is 1. The molecule has 1 aromatic heterocycles. The summed E-state index contributed by atoms with van der Waals surface area (Å²) in [5.74, 6) is 1.90. The van der Waals surface area contributed by atoms with Crippen LogP contribution in [-0.2, 0) is 15.7 Å². The van der Waals surface area contributed by atoms with E-state index in [2.05, 4.69) is 15.3 Å². The molecule has 2 heterocycles. The van der Waals surface area contributed by atoms with Gasteiger partial charge in [-0.2, -0.15) is 13.2 Å². The number of benzene rings is 2. The number of aryl methyl sites for hydroxylation is 1. The molecule has 1 fully saturated rings. The van der Waals surface area contributed by atoms with Crippen LogP contribution in [0.2, 0.25) is 0 Å². The molecule has 0 saturated carbocycles. The van der Waals surface area contributed by atoms with Crippen LogP contribution in [0, 0.1) is 6.92 Å². The molecule has 1 saturated heterocycles. The zero-order valence-electron chi connectivity index (χ0n) is 20.5. The van der Waals surface area contributed by atoms with E-state index in [4.69, 9.17) is 24.7 Å². The van der Waals surface area contributed by atoms with Gasteiger partial charge in [0.2, 0.25) is 0 Å². The van der Waals surface area contributed by atoms with E-state index < -0.39 is 17.8 Å². The molecule has 194 valence electrons. The molecule has 0 aliphatic carbocycles. The number of anilines is 2. The van der Waals surface area contributed by atoms with Gasteiger partial charge in [0.15, 0.2) is 11.5 Å². The standard InChI is InChI=1S/C25H29F3N4O4/c1-13(36-19-11-34-12-19)10-35-23-8-20-21(9-22(23)33-4)31-15(3)32-24(20)30-14(2)16-5-17(25(26,27)28)7-18(29)6-16/h5-9,13-14,19H,10-12,29H2,1-4H3,(H,30,31,32)/t13-,14+/m0/s1. The lowest BCUT2D eigenvalue weighted by atomic mass is 10.0. The first kappa shape index (κ1) is 25.8. The second kappa shape index (κ2) is 10.4. The van der Waals surface area contributed by atoms with Gasteiger partial charge in [-0.1, -0.05) is 0 Å². The van der Waals surface area contributed by atoms with Crippen molar-refractivity contribution in [3.05, 3.63) is 47.3 Å². The van der Waals surface area contributed by atoms with Crippen molar-refractivity contribution in [1.82, 2.24) is 9.97 Å². The molecule has 2 atom stereocenters. The van der Waals surface area contributed by atoms with Crippen molar-refractivity contribution >= 4 is 22.4 Å². The maximum absolute atomic E-state index is 13.3. The Labute approximate surface area is 206 Å². The highest BCUT2D eigenvalue weighted by Crippen LogP contribution is 2.37. The molecule has 4 rings (SSSR count). The first-order valence-corrected chi connectivity index (χ1v) is 11.5. The van der Waals surface area contributed by atoms with E-state index in [1.54, 1.807) is 26.0 Å². The van der Waals surface area contributed by atoms with Crippen LogP contribution in [0.25, 0.3) is 10.9 Å². The number of hydrogen-bond acceptors (Lipinski definition) is 8. The normalized spacial score (nSPS) is 15.9. The fourth-order valence-electron chi connectivity index (χ4n) is 3.88. The summed E-state index contributed by atoms with van der Waals surface area (Å²) in [4.78, 5) is 8.99. The Morgan fingerprint density at radius 1 is 1.11 bits per heavy atom. The Bertz CT molecular complexity index is 1230. The van der Waals surface area contributed by atoms with Gasteiger partial charge >= 0.3 is 6.18 Å². The quantitative estimate of drug-likeness (QED) is 0.395. The van der Waals surface area contributed by atoms with Crippen LogP contribution in [-0.4, -0.2) is 49.1 Å².